The van der Waals surface area contributed by atoms with Gasteiger partial charge in [-0.25, -0.2) is 9.97 Å². The molecule has 0 spiro atoms. The molecule has 20 heavy (non-hydrogen) atoms. The average molecular weight is 287 g/mol. The van der Waals surface area contributed by atoms with Gasteiger partial charge in [0.25, 0.3) is 5.91 Å². The van der Waals surface area contributed by atoms with Crippen molar-refractivity contribution >= 4 is 28.3 Å². The van der Waals surface area contributed by atoms with E-state index in [1.54, 1.807) is 18.5 Å². The molecule has 0 atom stereocenters. The summed E-state index contributed by atoms with van der Waals surface area (Å²) in [7, 11) is 0. The second kappa shape index (κ2) is 5.30. The highest BCUT2D eigenvalue weighted by molar-refractivity contribution is 6.34. The van der Waals surface area contributed by atoms with Crippen LogP contribution in [0.15, 0.2) is 42.7 Å². The Morgan fingerprint density at radius 1 is 1.35 bits per heavy atom. The van der Waals surface area contributed by atoms with Gasteiger partial charge in [-0.05, 0) is 11.5 Å². The van der Waals surface area contributed by atoms with Crippen LogP contribution in [0.3, 0.4) is 0 Å². The van der Waals surface area contributed by atoms with Gasteiger partial charge in [-0.1, -0.05) is 35.9 Å². The Kier molecular flexibility index (Phi) is 3.35. The first-order chi connectivity index (χ1) is 9.74. The van der Waals surface area contributed by atoms with E-state index in [2.05, 4.69) is 20.3 Å². The Hall–Kier alpha value is -2.40. The highest BCUT2D eigenvalue weighted by Gasteiger charge is 2.11. The third-order valence-corrected chi connectivity index (χ3v) is 3.19. The number of hydrogen-bond donors (Lipinski definition) is 2. The van der Waals surface area contributed by atoms with E-state index < -0.39 is 0 Å². The topological polar surface area (TPSA) is 70.7 Å². The zero-order chi connectivity index (χ0) is 13.9. The molecule has 5 nitrogen and oxygen atoms in total. The van der Waals surface area contributed by atoms with Crippen LogP contribution in [0.5, 0.6) is 0 Å². The number of nitrogens with one attached hydrogen (secondary N) is 2. The first-order valence-corrected chi connectivity index (χ1v) is 6.43. The number of imidazole rings is 1. The molecular formula is C14H11ClN4O. The van der Waals surface area contributed by atoms with Crippen LogP contribution in [0.2, 0.25) is 5.15 Å². The normalized spacial score (nSPS) is 10.7. The number of carbonyl (C=O) groups is 1. The van der Waals surface area contributed by atoms with E-state index in [-0.39, 0.29) is 5.91 Å². The van der Waals surface area contributed by atoms with Crippen LogP contribution in [0.1, 0.15) is 16.3 Å². The zero-order valence-electron chi connectivity index (χ0n) is 10.4. The highest BCUT2D eigenvalue weighted by Crippen LogP contribution is 2.22. The third kappa shape index (κ3) is 2.48. The van der Waals surface area contributed by atoms with Crippen LogP contribution in [-0.2, 0) is 6.54 Å². The highest BCUT2D eigenvalue weighted by atomic mass is 35.5. The van der Waals surface area contributed by atoms with Crippen molar-refractivity contribution in [2.24, 2.45) is 0 Å². The van der Waals surface area contributed by atoms with Crippen molar-refractivity contribution in [3.8, 4) is 0 Å². The van der Waals surface area contributed by atoms with Gasteiger partial charge in [-0.3, -0.25) is 4.79 Å². The number of amides is 1. The number of fused-ring (bicyclic) bond motifs is 1. The predicted octanol–water partition coefficient (Wildman–Crippen LogP) is 2.54. The quantitative estimate of drug-likeness (QED) is 0.727. The minimum Gasteiger partial charge on any atom is -0.347 e. The lowest BCUT2D eigenvalue weighted by atomic mass is 10.1. The molecule has 2 heterocycles. The molecular weight excluding hydrogens is 276 g/mol. The predicted molar refractivity (Wildman–Crippen MR) is 76.5 cm³/mol. The monoisotopic (exact) mass is 286 g/mol. The molecule has 0 aliphatic heterocycles. The fraction of sp³-hybridized carbons (Fsp3) is 0.0714. The summed E-state index contributed by atoms with van der Waals surface area (Å²) in [4.78, 5) is 23.1. The van der Waals surface area contributed by atoms with Crippen molar-refractivity contribution in [1.29, 1.82) is 0 Å². The summed E-state index contributed by atoms with van der Waals surface area (Å²) in [5.74, 6) is 0.402. The average Bonchev–Trinajstić information content (AvgIpc) is 2.98. The molecule has 0 fully saturated rings. The number of carbonyl (C=O) groups excluding carboxylic acids is 1. The second-order valence-electron chi connectivity index (χ2n) is 4.24. The van der Waals surface area contributed by atoms with Gasteiger partial charge in [0.1, 0.15) is 16.7 Å². The summed E-state index contributed by atoms with van der Waals surface area (Å²) in [6.45, 7) is 0.317. The van der Waals surface area contributed by atoms with Crippen LogP contribution in [0.4, 0.5) is 0 Å². The van der Waals surface area contributed by atoms with E-state index in [0.29, 0.717) is 23.2 Å². The summed E-state index contributed by atoms with van der Waals surface area (Å²) in [5, 5.41) is 4.78. The summed E-state index contributed by atoms with van der Waals surface area (Å²) >= 11 is 6.10. The number of hydrogen-bond acceptors (Lipinski definition) is 3. The maximum absolute atomic E-state index is 12.1. The first kappa shape index (κ1) is 12.6. The van der Waals surface area contributed by atoms with Crippen LogP contribution >= 0.6 is 11.6 Å². The number of benzene rings is 1. The first-order valence-electron chi connectivity index (χ1n) is 6.06. The van der Waals surface area contributed by atoms with E-state index in [1.165, 1.54) is 0 Å². The van der Waals surface area contributed by atoms with Crippen LogP contribution in [0, 0.1) is 0 Å². The van der Waals surface area contributed by atoms with Crippen molar-refractivity contribution < 1.29 is 4.79 Å². The Labute approximate surface area is 120 Å². The zero-order valence-corrected chi connectivity index (χ0v) is 11.2. The molecule has 0 saturated carbocycles. The number of H-pyrrole nitrogens is 1. The van der Waals surface area contributed by atoms with Gasteiger partial charge in [0, 0.05) is 17.8 Å². The van der Waals surface area contributed by atoms with E-state index in [1.807, 2.05) is 24.3 Å². The summed E-state index contributed by atoms with van der Waals surface area (Å²) in [5.41, 5.74) is 0.292. The number of nitrogens with zero attached hydrogens (tertiary/aromatic N) is 2. The van der Waals surface area contributed by atoms with Crippen molar-refractivity contribution in [1.82, 2.24) is 20.3 Å². The van der Waals surface area contributed by atoms with E-state index in [0.717, 1.165) is 10.8 Å². The van der Waals surface area contributed by atoms with Crippen LogP contribution in [0.25, 0.3) is 10.8 Å². The molecule has 100 valence electrons. The van der Waals surface area contributed by atoms with Crippen molar-refractivity contribution in [3.63, 3.8) is 0 Å². The van der Waals surface area contributed by atoms with E-state index >= 15 is 0 Å². The standard InChI is InChI=1S/C14H11ClN4O/c15-13-10-4-2-1-3-9(10)7-11(19-13)14(20)18-8-12-16-5-6-17-12/h1-7H,8H2,(H,16,17)(H,18,20). The largest absolute Gasteiger partial charge is 0.347 e. The summed E-state index contributed by atoms with van der Waals surface area (Å²) in [6, 6.07) is 9.26. The molecule has 1 aromatic carbocycles. The molecule has 2 aromatic heterocycles. The van der Waals surface area contributed by atoms with Gasteiger partial charge >= 0.3 is 0 Å². The molecule has 0 radical (unpaired) electrons. The number of pyridine rings is 1. The number of aromatic amines is 1. The van der Waals surface area contributed by atoms with E-state index in [4.69, 9.17) is 11.6 Å². The van der Waals surface area contributed by atoms with Gasteiger partial charge in [-0.15, -0.1) is 0 Å². The SMILES string of the molecule is O=C(NCc1ncc[nH]1)c1cc2ccccc2c(Cl)n1. The lowest BCUT2D eigenvalue weighted by molar-refractivity contribution is 0.0945. The van der Waals surface area contributed by atoms with Crippen molar-refractivity contribution in [2.45, 2.75) is 6.54 Å². The molecule has 0 aliphatic carbocycles. The summed E-state index contributed by atoms with van der Waals surface area (Å²) < 4.78 is 0. The Morgan fingerprint density at radius 3 is 3.00 bits per heavy atom. The molecule has 3 rings (SSSR count). The number of rotatable bonds is 3. The summed E-state index contributed by atoms with van der Waals surface area (Å²) in [6.07, 6.45) is 3.33. The molecule has 0 aliphatic rings. The minimum atomic E-state index is -0.283. The second-order valence-corrected chi connectivity index (χ2v) is 4.60. The lowest BCUT2D eigenvalue weighted by Crippen LogP contribution is -2.24. The lowest BCUT2D eigenvalue weighted by Gasteiger charge is -2.05. The van der Waals surface area contributed by atoms with Crippen LogP contribution < -0.4 is 5.32 Å². The van der Waals surface area contributed by atoms with E-state index in [9.17, 15) is 4.79 Å². The molecule has 1 amide bonds. The smallest absolute Gasteiger partial charge is 0.270 e. The van der Waals surface area contributed by atoms with Gasteiger partial charge in [0.05, 0.1) is 6.54 Å². The third-order valence-electron chi connectivity index (χ3n) is 2.90. The molecule has 3 aromatic rings. The van der Waals surface area contributed by atoms with Crippen molar-refractivity contribution in [3.05, 3.63) is 59.4 Å². The Balaban J connectivity index is 1.84. The van der Waals surface area contributed by atoms with Gasteiger partial charge in [0.15, 0.2) is 0 Å². The maximum Gasteiger partial charge on any atom is 0.270 e. The Morgan fingerprint density at radius 2 is 2.20 bits per heavy atom. The molecule has 0 unspecified atom stereocenters. The fourth-order valence-corrected chi connectivity index (χ4v) is 2.18. The minimum absolute atomic E-state index is 0.283. The van der Waals surface area contributed by atoms with Crippen LogP contribution in [-0.4, -0.2) is 20.9 Å². The molecule has 2 N–H and O–H groups in total. The molecule has 0 saturated heterocycles. The molecule has 0 bridgehead atoms. The van der Waals surface area contributed by atoms with Gasteiger partial charge in [0.2, 0.25) is 0 Å². The van der Waals surface area contributed by atoms with Crippen molar-refractivity contribution in [2.75, 3.05) is 0 Å². The maximum atomic E-state index is 12.1. The Bertz CT molecular complexity index is 755. The van der Waals surface area contributed by atoms with Gasteiger partial charge < -0.3 is 10.3 Å². The number of aromatic nitrogens is 3. The fourth-order valence-electron chi connectivity index (χ4n) is 1.92. The number of halogens is 1. The van der Waals surface area contributed by atoms with Gasteiger partial charge in [-0.2, -0.15) is 0 Å². The molecule has 6 heteroatoms.